The fourth-order valence-corrected chi connectivity index (χ4v) is 1.18. The molecule has 0 saturated heterocycles. The predicted molar refractivity (Wildman–Crippen MR) is 55.0 cm³/mol. The van der Waals surface area contributed by atoms with Gasteiger partial charge in [0.15, 0.2) is 0 Å². The van der Waals surface area contributed by atoms with Crippen LogP contribution in [0.5, 0.6) is 0 Å². The van der Waals surface area contributed by atoms with Crippen LogP contribution in [0.15, 0.2) is 30.3 Å². The largest absolute Gasteiger partial charge is 0.198 e. The molecule has 0 radical (unpaired) electrons. The van der Waals surface area contributed by atoms with Crippen molar-refractivity contribution < 1.29 is 0 Å². The van der Waals surface area contributed by atoms with Crippen LogP contribution in [0.2, 0.25) is 0 Å². The lowest BCUT2D eigenvalue weighted by Gasteiger charge is -1.99. The fourth-order valence-electron chi connectivity index (χ4n) is 1.18. The maximum absolute atomic E-state index is 8.59. The van der Waals surface area contributed by atoms with Crippen molar-refractivity contribution in [2.24, 2.45) is 0 Å². The Balaban J connectivity index is 2.86. The summed E-state index contributed by atoms with van der Waals surface area (Å²) in [5, 5.41) is 17.0. The van der Waals surface area contributed by atoms with Gasteiger partial charge in [0.25, 0.3) is 0 Å². The molecule has 0 heterocycles. The maximum atomic E-state index is 8.59. The van der Waals surface area contributed by atoms with Gasteiger partial charge in [0.1, 0.15) is 0 Å². The van der Waals surface area contributed by atoms with Gasteiger partial charge >= 0.3 is 0 Å². The lowest BCUT2D eigenvalue weighted by atomic mass is 10.0. The molecule has 0 amide bonds. The normalized spacial score (nSPS) is 9.57. The molecule has 0 aliphatic carbocycles. The number of benzene rings is 1. The zero-order valence-electron chi connectivity index (χ0n) is 7.77. The highest BCUT2D eigenvalue weighted by Crippen LogP contribution is 2.11. The van der Waals surface area contributed by atoms with Crippen molar-refractivity contribution in [1.82, 2.24) is 0 Å². The van der Waals surface area contributed by atoms with Crippen molar-refractivity contribution in [3.8, 4) is 12.1 Å². The van der Waals surface area contributed by atoms with E-state index in [9.17, 15) is 0 Å². The lowest BCUT2D eigenvalue weighted by Crippen LogP contribution is -1.85. The van der Waals surface area contributed by atoms with Crippen molar-refractivity contribution in [2.45, 2.75) is 12.8 Å². The third-order valence-corrected chi connectivity index (χ3v) is 1.83. The first-order valence-electron chi connectivity index (χ1n) is 4.37. The first-order chi connectivity index (χ1) is 6.88. The Morgan fingerprint density at radius 1 is 1.14 bits per heavy atom. The summed E-state index contributed by atoms with van der Waals surface area (Å²) in [7, 11) is 0. The summed E-state index contributed by atoms with van der Waals surface area (Å²) in [6.07, 6.45) is 4.50. The number of hydrogen-bond acceptors (Lipinski definition) is 2. The average Bonchev–Trinajstić information content (AvgIpc) is 2.21. The van der Waals surface area contributed by atoms with Gasteiger partial charge in [-0.2, -0.15) is 10.5 Å². The van der Waals surface area contributed by atoms with Crippen molar-refractivity contribution in [3.05, 3.63) is 41.5 Å². The molecule has 0 aliphatic heterocycles. The van der Waals surface area contributed by atoms with Gasteiger partial charge < -0.3 is 0 Å². The summed E-state index contributed by atoms with van der Waals surface area (Å²) in [6, 6.07) is 11.9. The molecule has 0 atom stereocenters. The number of hydrogen-bond donors (Lipinski definition) is 0. The molecule has 0 saturated carbocycles. The van der Waals surface area contributed by atoms with Gasteiger partial charge in [0.2, 0.25) is 0 Å². The third-order valence-electron chi connectivity index (χ3n) is 1.83. The summed E-state index contributed by atoms with van der Waals surface area (Å²) in [5.74, 6) is 0. The highest BCUT2D eigenvalue weighted by atomic mass is 14.2. The minimum absolute atomic E-state index is 0.404. The van der Waals surface area contributed by atoms with E-state index < -0.39 is 0 Å². The number of rotatable bonds is 3. The molecule has 2 nitrogen and oxygen atoms in total. The minimum atomic E-state index is 0.404. The van der Waals surface area contributed by atoms with Gasteiger partial charge in [0, 0.05) is 0 Å². The molecule has 0 aromatic heterocycles. The van der Waals surface area contributed by atoms with Crippen LogP contribution < -0.4 is 0 Å². The quantitative estimate of drug-likeness (QED) is 0.721. The molecular weight excluding hydrogens is 172 g/mol. The van der Waals surface area contributed by atoms with Crippen LogP contribution in [0.4, 0.5) is 0 Å². The monoisotopic (exact) mass is 182 g/mol. The highest BCUT2D eigenvalue weighted by molar-refractivity contribution is 5.54. The molecule has 0 bridgehead atoms. The van der Waals surface area contributed by atoms with Gasteiger partial charge in [-0.15, -0.1) is 0 Å². The second-order valence-corrected chi connectivity index (χ2v) is 2.80. The zero-order chi connectivity index (χ0) is 10.2. The van der Waals surface area contributed by atoms with Crippen molar-refractivity contribution in [1.29, 1.82) is 10.5 Å². The second kappa shape index (κ2) is 5.56. The smallest absolute Gasteiger partial charge is 0.0669 e. The van der Waals surface area contributed by atoms with E-state index in [0.29, 0.717) is 12.8 Å². The van der Waals surface area contributed by atoms with Crippen LogP contribution in [0, 0.1) is 22.7 Å². The van der Waals surface area contributed by atoms with Crippen LogP contribution in [0.3, 0.4) is 0 Å². The SMILES string of the molecule is N#CC/C=C/c1ccccc1CC#N. The Hall–Kier alpha value is -2.06. The van der Waals surface area contributed by atoms with Crippen molar-refractivity contribution in [3.63, 3.8) is 0 Å². The molecule has 14 heavy (non-hydrogen) atoms. The molecule has 1 aromatic carbocycles. The Morgan fingerprint density at radius 3 is 2.64 bits per heavy atom. The Morgan fingerprint density at radius 2 is 1.93 bits per heavy atom. The van der Waals surface area contributed by atoms with E-state index >= 15 is 0 Å². The van der Waals surface area contributed by atoms with Gasteiger partial charge in [-0.05, 0) is 11.1 Å². The summed E-state index contributed by atoms with van der Waals surface area (Å²) < 4.78 is 0. The molecule has 1 rings (SSSR count). The number of nitrogens with zero attached hydrogens (tertiary/aromatic N) is 2. The van der Waals surface area contributed by atoms with E-state index in [1.165, 1.54) is 0 Å². The molecule has 0 N–H and O–H groups in total. The van der Waals surface area contributed by atoms with E-state index in [1.54, 1.807) is 6.08 Å². The lowest BCUT2D eigenvalue weighted by molar-refractivity contribution is 1.25. The van der Waals surface area contributed by atoms with E-state index in [-0.39, 0.29) is 0 Å². The van der Waals surface area contributed by atoms with Crippen LogP contribution in [0.25, 0.3) is 6.08 Å². The van der Waals surface area contributed by atoms with E-state index in [2.05, 4.69) is 6.07 Å². The first kappa shape index (κ1) is 10.0. The van der Waals surface area contributed by atoms with E-state index in [1.807, 2.05) is 36.4 Å². The van der Waals surface area contributed by atoms with Gasteiger partial charge in [-0.3, -0.25) is 0 Å². The molecular formula is C12H10N2. The molecule has 68 valence electrons. The summed E-state index contributed by atoms with van der Waals surface area (Å²) in [6.45, 7) is 0. The van der Waals surface area contributed by atoms with Gasteiger partial charge in [0.05, 0.1) is 25.0 Å². The Labute approximate surface area is 83.7 Å². The first-order valence-corrected chi connectivity index (χ1v) is 4.37. The average molecular weight is 182 g/mol. The molecule has 0 unspecified atom stereocenters. The van der Waals surface area contributed by atoms with E-state index in [4.69, 9.17) is 10.5 Å². The summed E-state index contributed by atoms with van der Waals surface area (Å²) >= 11 is 0. The third kappa shape index (κ3) is 2.77. The Bertz CT molecular complexity index is 405. The van der Waals surface area contributed by atoms with Gasteiger partial charge in [-0.1, -0.05) is 36.4 Å². The highest BCUT2D eigenvalue weighted by Gasteiger charge is 1.96. The maximum Gasteiger partial charge on any atom is 0.0669 e. The zero-order valence-corrected chi connectivity index (χ0v) is 7.77. The molecule has 0 spiro atoms. The van der Waals surface area contributed by atoms with Crippen LogP contribution in [0.1, 0.15) is 17.5 Å². The molecule has 1 aromatic rings. The van der Waals surface area contributed by atoms with Gasteiger partial charge in [-0.25, -0.2) is 0 Å². The number of allylic oxidation sites excluding steroid dienone is 1. The summed E-state index contributed by atoms with van der Waals surface area (Å²) in [5.41, 5.74) is 2.02. The topological polar surface area (TPSA) is 47.6 Å². The van der Waals surface area contributed by atoms with Crippen molar-refractivity contribution in [2.75, 3.05) is 0 Å². The van der Waals surface area contributed by atoms with Crippen molar-refractivity contribution >= 4 is 6.08 Å². The fraction of sp³-hybridized carbons (Fsp3) is 0.167. The van der Waals surface area contributed by atoms with Crippen LogP contribution >= 0.6 is 0 Å². The Kier molecular flexibility index (Phi) is 3.98. The predicted octanol–water partition coefficient (Wildman–Crippen LogP) is 2.68. The van der Waals surface area contributed by atoms with E-state index in [0.717, 1.165) is 11.1 Å². The second-order valence-electron chi connectivity index (χ2n) is 2.80. The standard InChI is InChI=1S/C12H10N2/c13-9-4-3-7-11-5-1-2-6-12(11)8-10-14/h1-3,5-7H,4,8H2/b7-3+. The molecule has 0 aliphatic rings. The number of nitriles is 2. The molecule has 0 fully saturated rings. The van der Waals surface area contributed by atoms with Crippen LogP contribution in [-0.4, -0.2) is 0 Å². The van der Waals surface area contributed by atoms with Crippen LogP contribution in [-0.2, 0) is 6.42 Å². The summed E-state index contributed by atoms with van der Waals surface area (Å²) in [4.78, 5) is 0. The molecule has 2 heteroatoms. The minimum Gasteiger partial charge on any atom is -0.198 e.